The van der Waals surface area contributed by atoms with Crippen LogP contribution in [0.4, 0.5) is 4.39 Å². The molecular formula is C21H20Cl2FN3O4. The highest BCUT2D eigenvalue weighted by Gasteiger charge is 2.58. The molecule has 5 rings (SSSR count). The zero-order chi connectivity index (χ0) is 21.9. The average molecular weight is 468 g/mol. The first-order valence-electron chi connectivity index (χ1n) is 9.75. The summed E-state index contributed by atoms with van der Waals surface area (Å²) in [5.41, 5.74) is 1.20. The monoisotopic (exact) mass is 467 g/mol. The molecule has 2 fully saturated rings. The standard InChI is InChI=1S/C21H20Cl2FN3O4/c1-21(2)30-16-15(14(28-3)10-4-5-12(22)13(24)8-10)29-20(17(16)31-21)27-7-6-11-18(23)25-9-26-19(11)27/h4-9,14-17,20H,1-3H3/t14?,15-,16-,17-,20-/m1/s1. The minimum absolute atomic E-state index is 0.0404. The highest BCUT2D eigenvalue weighted by Crippen LogP contribution is 2.48. The molecule has 2 aromatic heterocycles. The van der Waals surface area contributed by atoms with E-state index in [0.717, 1.165) is 0 Å². The van der Waals surface area contributed by atoms with Gasteiger partial charge in [-0.25, -0.2) is 14.4 Å². The maximum absolute atomic E-state index is 14.2. The molecule has 0 amide bonds. The number of benzene rings is 1. The maximum Gasteiger partial charge on any atom is 0.164 e. The molecule has 31 heavy (non-hydrogen) atoms. The van der Waals surface area contributed by atoms with Gasteiger partial charge in [-0.15, -0.1) is 0 Å². The lowest BCUT2D eigenvalue weighted by Gasteiger charge is -2.29. The molecule has 164 valence electrons. The summed E-state index contributed by atoms with van der Waals surface area (Å²) >= 11 is 12.1. The van der Waals surface area contributed by atoms with E-state index in [0.29, 0.717) is 21.7 Å². The lowest BCUT2D eigenvalue weighted by molar-refractivity contribution is -0.209. The van der Waals surface area contributed by atoms with Gasteiger partial charge in [-0.1, -0.05) is 29.3 Å². The Morgan fingerprint density at radius 3 is 2.68 bits per heavy atom. The normalized spacial score (nSPS) is 28.2. The van der Waals surface area contributed by atoms with Crippen molar-refractivity contribution in [3.05, 3.63) is 58.3 Å². The van der Waals surface area contributed by atoms with E-state index in [2.05, 4.69) is 9.97 Å². The summed E-state index contributed by atoms with van der Waals surface area (Å²) in [6.45, 7) is 3.69. The molecule has 2 saturated heterocycles. The van der Waals surface area contributed by atoms with Gasteiger partial charge in [-0.3, -0.25) is 0 Å². The number of methoxy groups -OCH3 is 1. The molecule has 2 aliphatic heterocycles. The van der Waals surface area contributed by atoms with Crippen LogP contribution in [-0.2, 0) is 18.9 Å². The highest BCUT2D eigenvalue weighted by atomic mass is 35.5. The number of fused-ring (bicyclic) bond motifs is 2. The topological polar surface area (TPSA) is 67.6 Å². The van der Waals surface area contributed by atoms with Gasteiger partial charge in [0.15, 0.2) is 12.0 Å². The fourth-order valence-corrected chi connectivity index (χ4v) is 4.68. The quantitative estimate of drug-likeness (QED) is 0.518. The molecule has 1 unspecified atom stereocenters. The van der Waals surface area contributed by atoms with E-state index in [4.69, 9.17) is 42.1 Å². The molecule has 10 heteroatoms. The zero-order valence-electron chi connectivity index (χ0n) is 17.0. The van der Waals surface area contributed by atoms with Gasteiger partial charge >= 0.3 is 0 Å². The molecule has 0 bridgehead atoms. The second-order valence-electron chi connectivity index (χ2n) is 8.01. The molecule has 0 saturated carbocycles. The van der Waals surface area contributed by atoms with Crippen molar-refractivity contribution in [1.29, 1.82) is 0 Å². The average Bonchev–Trinajstić information content (AvgIpc) is 3.37. The number of nitrogens with zero attached hydrogens (tertiary/aromatic N) is 3. The van der Waals surface area contributed by atoms with Crippen LogP contribution in [0.25, 0.3) is 11.0 Å². The van der Waals surface area contributed by atoms with Crippen molar-refractivity contribution in [2.45, 2.75) is 50.3 Å². The van der Waals surface area contributed by atoms with Crippen molar-refractivity contribution in [2.75, 3.05) is 7.11 Å². The summed E-state index contributed by atoms with van der Waals surface area (Å²) < 4.78 is 40.5. The minimum atomic E-state index is -0.825. The summed E-state index contributed by atoms with van der Waals surface area (Å²) in [6.07, 6.45) is 0.579. The van der Waals surface area contributed by atoms with Crippen LogP contribution < -0.4 is 0 Å². The number of hydrogen-bond donors (Lipinski definition) is 0. The third-order valence-electron chi connectivity index (χ3n) is 5.62. The SMILES string of the molecule is COC(c1ccc(Cl)c(F)c1)[C@H]1O[C@@H](n2ccc3c(Cl)ncnc32)[C@@H]2OC(C)(C)O[C@@H]21. The van der Waals surface area contributed by atoms with Crippen LogP contribution in [0.1, 0.15) is 31.7 Å². The van der Waals surface area contributed by atoms with E-state index < -0.39 is 42.2 Å². The second kappa shape index (κ2) is 7.65. The van der Waals surface area contributed by atoms with E-state index >= 15 is 0 Å². The van der Waals surface area contributed by atoms with E-state index in [9.17, 15) is 4.39 Å². The lowest BCUT2D eigenvalue weighted by Crippen LogP contribution is -2.35. The van der Waals surface area contributed by atoms with Crippen LogP contribution in [0.15, 0.2) is 36.8 Å². The molecule has 5 atom stereocenters. The van der Waals surface area contributed by atoms with Crippen molar-refractivity contribution in [2.24, 2.45) is 0 Å². The number of hydrogen-bond acceptors (Lipinski definition) is 6. The lowest BCUT2D eigenvalue weighted by atomic mass is 9.99. The summed E-state index contributed by atoms with van der Waals surface area (Å²) in [5.74, 6) is -1.35. The summed E-state index contributed by atoms with van der Waals surface area (Å²) in [7, 11) is 1.54. The zero-order valence-corrected chi connectivity index (χ0v) is 18.5. The Labute approximate surface area is 188 Å². The Kier molecular flexibility index (Phi) is 5.20. The molecule has 3 aromatic rings. The minimum Gasteiger partial charge on any atom is -0.374 e. The fourth-order valence-electron chi connectivity index (χ4n) is 4.37. The molecule has 1 aromatic carbocycles. The Bertz CT molecular complexity index is 1140. The van der Waals surface area contributed by atoms with Crippen LogP contribution >= 0.6 is 23.2 Å². The number of aromatic nitrogens is 3. The summed E-state index contributed by atoms with van der Waals surface area (Å²) in [6, 6.07) is 6.38. The van der Waals surface area contributed by atoms with Gasteiger partial charge in [0.2, 0.25) is 0 Å². The Morgan fingerprint density at radius 1 is 1.16 bits per heavy atom. The molecule has 0 aliphatic carbocycles. The first kappa shape index (κ1) is 21.1. The summed E-state index contributed by atoms with van der Waals surface area (Å²) in [5, 5.41) is 1.10. The van der Waals surface area contributed by atoms with E-state index in [-0.39, 0.29) is 5.02 Å². The molecule has 0 radical (unpaired) electrons. The van der Waals surface area contributed by atoms with Gasteiger partial charge in [0.1, 0.15) is 47.4 Å². The van der Waals surface area contributed by atoms with E-state index in [1.165, 1.54) is 18.5 Å². The van der Waals surface area contributed by atoms with Crippen LogP contribution in [0.2, 0.25) is 10.2 Å². The smallest absolute Gasteiger partial charge is 0.164 e. The summed E-state index contributed by atoms with van der Waals surface area (Å²) in [4.78, 5) is 8.39. The number of ether oxygens (including phenoxy) is 4. The molecule has 0 spiro atoms. The van der Waals surface area contributed by atoms with E-state index in [1.807, 2.05) is 30.7 Å². The van der Waals surface area contributed by atoms with Gasteiger partial charge in [-0.05, 0) is 37.6 Å². The van der Waals surface area contributed by atoms with Crippen LogP contribution in [0, 0.1) is 5.82 Å². The predicted octanol–water partition coefficient (Wildman–Crippen LogP) is 4.68. The second-order valence-corrected chi connectivity index (χ2v) is 8.78. The first-order chi connectivity index (χ1) is 14.8. The number of halogens is 3. The Morgan fingerprint density at radius 2 is 1.94 bits per heavy atom. The van der Waals surface area contributed by atoms with Crippen molar-refractivity contribution < 1.29 is 23.3 Å². The Hall–Kier alpha value is -1.81. The van der Waals surface area contributed by atoms with Crippen molar-refractivity contribution in [1.82, 2.24) is 14.5 Å². The number of rotatable bonds is 4. The largest absolute Gasteiger partial charge is 0.374 e. The van der Waals surface area contributed by atoms with Gasteiger partial charge in [0.25, 0.3) is 0 Å². The van der Waals surface area contributed by atoms with Gasteiger partial charge < -0.3 is 23.5 Å². The van der Waals surface area contributed by atoms with Crippen molar-refractivity contribution in [3.63, 3.8) is 0 Å². The highest BCUT2D eigenvalue weighted by molar-refractivity contribution is 6.33. The molecular weight excluding hydrogens is 448 g/mol. The van der Waals surface area contributed by atoms with Gasteiger partial charge in [-0.2, -0.15) is 0 Å². The predicted molar refractivity (Wildman–Crippen MR) is 111 cm³/mol. The van der Waals surface area contributed by atoms with Gasteiger partial charge in [0, 0.05) is 13.3 Å². The van der Waals surface area contributed by atoms with Crippen LogP contribution in [0.3, 0.4) is 0 Å². The third-order valence-corrected chi connectivity index (χ3v) is 6.23. The third kappa shape index (κ3) is 3.51. The first-order valence-corrected chi connectivity index (χ1v) is 10.5. The van der Waals surface area contributed by atoms with Crippen LogP contribution in [0.5, 0.6) is 0 Å². The van der Waals surface area contributed by atoms with E-state index in [1.54, 1.807) is 13.2 Å². The molecule has 7 nitrogen and oxygen atoms in total. The molecule has 0 N–H and O–H groups in total. The fraction of sp³-hybridized carbons (Fsp3) is 0.429. The van der Waals surface area contributed by atoms with Gasteiger partial charge in [0.05, 0.1) is 10.4 Å². The van der Waals surface area contributed by atoms with Crippen molar-refractivity contribution >= 4 is 34.2 Å². The van der Waals surface area contributed by atoms with Crippen molar-refractivity contribution in [3.8, 4) is 0 Å². The molecule has 4 heterocycles. The molecule has 2 aliphatic rings. The Balaban J connectivity index is 1.56. The van der Waals surface area contributed by atoms with Crippen LogP contribution in [-0.4, -0.2) is 45.7 Å². The maximum atomic E-state index is 14.2.